The monoisotopic (exact) mass is 587 g/mol. The third-order valence-electron chi connectivity index (χ3n) is 4.75. The van der Waals surface area contributed by atoms with Crippen molar-refractivity contribution in [2.45, 2.75) is 6.92 Å². The fraction of sp³-hybridized carbons (Fsp3) is 0.115. The molecule has 184 valence electrons. The van der Waals surface area contributed by atoms with E-state index in [1.807, 2.05) is 25.1 Å². The van der Waals surface area contributed by atoms with E-state index in [0.717, 1.165) is 5.56 Å². The number of anilines is 2. The minimum Gasteiger partial charge on any atom is -0.493 e. The van der Waals surface area contributed by atoms with Crippen LogP contribution in [-0.2, 0) is 9.59 Å². The summed E-state index contributed by atoms with van der Waals surface area (Å²) in [5.41, 5.74) is 2.45. The number of aryl methyl sites for hydroxylation is 1. The molecule has 0 fully saturated rings. The van der Waals surface area contributed by atoms with Gasteiger partial charge in [-0.3, -0.25) is 9.59 Å². The van der Waals surface area contributed by atoms with Gasteiger partial charge in [0.05, 0.1) is 21.6 Å². The van der Waals surface area contributed by atoms with Gasteiger partial charge in [-0.25, -0.2) is 0 Å². The molecule has 2 N–H and O–H groups in total. The fourth-order valence-electron chi connectivity index (χ4n) is 3.11. The second-order valence-corrected chi connectivity index (χ2v) is 9.16. The van der Waals surface area contributed by atoms with Crippen molar-refractivity contribution in [2.24, 2.45) is 0 Å². The second kappa shape index (κ2) is 12.5. The zero-order chi connectivity index (χ0) is 26.2. The molecule has 0 atom stereocenters. The number of rotatable bonds is 8. The Hall–Kier alpha value is -3.51. The number of methoxy groups -OCH3 is 1. The molecule has 0 saturated heterocycles. The van der Waals surface area contributed by atoms with Crippen LogP contribution in [0.1, 0.15) is 11.1 Å². The molecule has 0 bridgehead atoms. The van der Waals surface area contributed by atoms with Crippen molar-refractivity contribution in [1.29, 1.82) is 5.26 Å². The molecule has 3 aromatic carbocycles. The first-order valence-corrected chi connectivity index (χ1v) is 12.0. The van der Waals surface area contributed by atoms with Gasteiger partial charge in [0, 0.05) is 11.4 Å². The summed E-state index contributed by atoms with van der Waals surface area (Å²) in [6, 6.07) is 17.1. The summed E-state index contributed by atoms with van der Waals surface area (Å²) in [5, 5.41) is 15.6. The number of hydrogen-bond donors (Lipinski definition) is 2. The van der Waals surface area contributed by atoms with Crippen molar-refractivity contribution in [1.82, 2.24) is 0 Å². The third kappa shape index (κ3) is 7.25. The van der Waals surface area contributed by atoms with E-state index in [-0.39, 0.29) is 17.9 Å². The standard InChI is InChI=1S/C26H20BrCl2N3O4/c1-15-4-3-5-18(8-15)32-26(34)17(13-30)9-16-10-20(27)25(23(11-16)35-2)36-14-24(33)31-19-6-7-21(28)22(29)12-19/h3-12H,14H2,1-2H3,(H,31,33)(H,32,34)/b17-9+. The van der Waals surface area contributed by atoms with E-state index in [0.29, 0.717) is 37.2 Å². The van der Waals surface area contributed by atoms with Crippen molar-refractivity contribution >= 4 is 68.4 Å². The molecular weight excluding hydrogens is 569 g/mol. The molecule has 0 unspecified atom stereocenters. The van der Waals surface area contributed by atoms with Crippen LogP contribution in [0.3, 0.4) is 0 Å². The summed E-state index contributed by atoms with van der Waals surface area (Å²) in [7, 11) is 1.44. The van der Waals surface area contributed by atoms with Gasteiger partial charge in [0.2, 0.25) is 0 Å². The minimum absolute atomic E-state index is 0.0971. The van der Waals surface area contributed by atoms with Crippen molar-refractivity contribution in [3.8, 4) is 17.6 Å². The zero-order valence-electron chi connectivity index (χ0n) is 19.2. The molecule has 0 aliphatic rings. The Kier molecular flexibility index (Phi) is 9.37. The van der Waals surface area contributed by atoms with Crippen LogP contribution in [-0.4, -0.2) is 25.5 Å². The van der Waals surface area contributed by atoms with Crippen LogP contribution in [0.15, 0.2) is 64.6 Å². The summed E-state index contributed by atoms with van der Waals surface area (Å²) in [6.45, 7) is 1.59. The van der Waals surface area contributed by atoms with Crippen LogP contribution in [0.2, 0.25) is 10.0 Å². The predicted molar refractivity (Wildman–Crippen MR) is 145 cm³/mol. The van der Waals surface area contributed by atoms with Gasteiger partial charge >= 0.3 is 0 Å². The highest BCUT2D eigenvalue weighted by atomic mass is 79.9. The lowest BCUT2D eigenvalue weighted by atomic mass is 10.1. The Balaban J connectivity index is 1.73. The van der Waals surface area contributed by atoms with Crippen molar-refractivity contribution < 1.29 is 19.1 Å². The quantitative estimate of drug-likeness (QED) is 0.227. The number of benzene rings is 3. The first-order valence-electron chi connectivity index (χ1n) is 10.4. The van der Waals surface area contributed by atoms with Gasteiger partial charge in [-0.1, -0.05) is 35.3 Å². The van der Waals surface area contributed by atoms with Crippen LogP contribution in [0.5, 0.6) is 11.5 Å². The van der Waals surface area contributed by atoms with Crippen molar-refractivity contribution in [2.75, 3.05) is 24.4 Å². The molecule has 3 aromatic rings. The topological polar surface area (TPSA) is 100 Å². The van der Waals surface area contributed by atoms with Crippen LogP contribution >= 0.6 is 39.1 Å². The number of ether oxygens (including phenoxy) is 2. The van der Waals surface area contributed by atoms with Crippen molar-refractivity contribution in [3.05, 3.63) is 85.8 Å². The van der Waals surface area contributed by atoms with Gasteiger partial charge in [-0.15, -0.1) is 0 Å². The molecular formula is C26H20BrCl2N3O4. The van der Waals surface area contributed by atoms with E-state index in [9.17, 15) is 14.9 Å². The van der Waals surface area contributed by atoms with Crippen LogP contribution in [0, 0.1) is 18.3 Å². The lowest BCUT2D eigenvalue weighted by molar-refractivity contribution is -0.118. The number of hydrogen-bond acceptors (Lipinski definition) is 5. The Bertz CT molecular complexity index is 1390. The Morgan fingerprint density at radius 1 is 1.06 bits per heavy atom. The predicted octanol–water partition coefficient (Wildman–Crippen LogP) is 6.64. The van der Waals surface area contributed by atoms with E-state index in [1.165, 1.54) is 19.3 Å². The maximum absolute atomic E-state index is 12.6. The molecule has 10 heteroatoms. The molecule has 0 spiro atoms. The molecule has 0 aromatic heterocycles. The van der Waals surface area contributed by atoms with E-state index in [1.54, 1.807) is 36.4 Å². The van der Waals surface area contributed by atoms with E-state index in [2.05, 4.69) is 26.6 Å². The zero-order valence-corrected chi connectivity index (χ0v) is 22.3. The van der Waals surface area contributed by atoms with Gasteiger partial charge in [0.25, 0.3) is 11.8 Å². The van der Waals surface area contributed by atoms with Gasteiger partial charge in [-0.2, -0.15) is 5.26 Å². The summed E-state index contributed by atoms with van der Waals surface area (Å²) < 4.78 is 11.5. The van der Waals surface area contributed by atoms with Crippen LogP contribution in [0.4, 0.5) is 11.4 Å². The highest BCUT2D eigenvalue weighted by Crippen LogP contribution is 2.37. The highest BCUT2D eigenvalue weighted by Gasteiger charge is 2.16. The molecule has 7 nitrogen and oxygen atoms in total. The maximum Gasteiger partial charge on any atom is 0.266 e. The van der Waals surface area contributed by atoms with Crippen molar-refractivity contribution in [3.63, 3.8) is 0 Å². The summed E-state index contributed by atoms with van der Waals surface area (Å²) in [5.74, 6) is -0.389. The Morgan fingerprint density at radius 2 is 1.81 bits per heavy atom. The highest BCUT2D eigenvalue weighted by molar-refractivity contribution is 9.10. The average Bonchev–Trinajstić information content (AvgIpc) is 2.83. The van der Waals surface area contributed by atoms with Gasteiger partial charge < -0.3 is 20.1 Å². The van der Waals surface area contributed by atoms with E-state index < -0.39 is 11.8 Å². The lowest BCUT2D eigenvalue weighted by Gasteiger charge is -2.14. The van der Waals surface area contributed by atoms with Crippen LogP contribution < -0.4 is 20.1 Å². The van der Waals surface area contributed by atoms with Gasteiger partial charge in [0.1, 0.15) is 11.6 Å². The Labute approximate surface area is 226 Å². The third-order valence-corrected chi connectivity index (χ3v) is 6.08. The molecule has 0 aliphatic heterocycles. The molecule has 2 amide bonds. The second-order valence-electron chi connectivity index (χ2n) is 7.49. The number of carbonyl (C=O) groups excluding carboxylic acids is 2. The number of nitrogens with zero attached hydrogens (tertiary/aromatic N) is 1. The average molecular weight is 589 g/mol. The molecule has 0 heterocycles. The first kappa shape index (κ1) is 27.1. The normalized spacial score (nSPS) is 10.8. The largest absolute Gasteiger partial charge is 0.493 e. The smallest absolute Gasteiger partial charge is 0.266 e. The number of amides is 2. The Morgan fingerprint density at radius 3 is 2.47 bits per heavy atom. The SMILES string of the molecule is COc1cc(/C=C(\C#N)C(=O)Nc2cccc(C)c2)cc(Br)c1OCC(=O)Nc1ccc(Cl)c(Cl)c1. The summed E-state index contributed by atoms with van der Waals surface area (Å²) in [4.78, 5) is 24.9. The minimum atomic E-state index is -0.544. The fourth-order valence-corrected chi connectivity index (χ4v) is 3.98. The molecule has 0 saturated carbocycles. The maximum atomic E-state index is 12.6. The number of carbonyl (C=O) groups is 2. The molecule has 0 aliphatic carbocycles. The number of nitrogens with one attached hydrogen (secondary N) is 2. The van der Waals surface area contributed by atoms with E-state index >= 15 is 0 Å². The van der Waals surface area contributed by atoms with E-state index in [4.69, 9.17) is 32.7 Å². The number of nitriles is 1. The summed E-state index contributed by atoms with van der Waals surface area (Å²) >= 11 is 15.3. The summed E-state index contributed by atoms with van der Waals surface area (Å²) in [6.07, 6.45) is 1.43. The number of halogens is 3. The first-order chi connectivity index (χ1) is 17.2. The van der Waals surface area contributed by atoms with Gasteiger partial charge in [0.15, 0.2) is 18.1 Å². The van der Waals surface area contributed by atoms with Gasteiger partial charge in [-0.05, 0) is 82.5 Å². The lowest BCUT2D eigenvalue weighted by Crippen LogP contribution is -2.20. The molecule has 0 radical (unpaired) electrons. The molecule has 36 heavy (non-hydrogen) atoms. The molecule has 3 rings (SSSR count). The van der Waals surface area contributed by atoms with Crippen LogP contribution in [0.25, 0.3) is 6.08 Å².